The summed E-state index contributed by atoms with van der Waals surface area (Å²) in [7, 11) is 0. The summed E-state index contributed by atoms with van der Waals surface area (Å²) in [5, 5.41) is 53.9. The zero-order valence-corrected chi connectivity index (χ0v) is 79.5. The maximum absolute atomic E-state index is 13.4. The van der Waals surface area contributed by atoms with Gasteiger partial charge in [-0.15, -0.1) is 64.2 Å². The predicted molar refractivity (Wildman–Crippen MR) is 505 cm³/mol. The summed E-state index contributed by atoms with van der Waals surface area (Å²) in [5.74, 6) is -2.52. The third-order valence-electron chi connectivity index (χ3n) is 22.5. The van der Waals surface area contributed by atoms with E-state index >= 15 is 0 Å². The van der Waals surface area contributed by atoms with Crippen molar-refractivity contribution in [3.63, 3.8) is 0 Å². The number of halogens is 12. The van der Waals surface area contributed by atoms with Gasteiger partial charge in [-0.2, -0.15) is 26.3 Å². The van der Waals surface area contributed by atoms with Gasteiger partial charge in [-0.05, 0) is 181 Å². The first kappa shape index (κ1) is 107. The number of alkyl halides is 9. The second-order valence-electron chi connectivity index (χ2n) is 33.9. The molecule has 15 aromatic rings. The molecule has 1 fully saturated rings. The summed E-state index contributed by atoms with van der Waals surface area (Å²) in [4.78, 5) is 63.3. The van der Waals surface area contributed by atoms with E-state index < -0.39 is 83.0 Å². The van der Waals surface area contributed by atoms with E-state index in [9.17, 15) is 76.7 Å². The summed E-state index contributed by atoms with van der Waals surface area (Å²) in [6.07, 6.45) is -1.69. The van der Waals surface area contributed by atoms with Crippen LogP contribution in [-0.4, -0.2) is 91.9 Å². The molecule has 0 bridgehead atoms. The summed E-state index contributed by atoms with van der Waals surface area (Å²) in [6, 6.07) is 56.1. The van der Waals surface area contributed by atoms with E-state index in [4.69, 9.17) is 22.1 Å². The van der Waals surface area contributed by atoms with Gasteiger partial charge in [-0.25, -0.2) is 13.2 Å². The Morgan fingerprint density at radius 2 is 0.681 bits per heavy atom. The van der Waals surface area contributed by atoms with E-state index in [1.54, 1.807) is 42.7 Å². The first-order valence-electron chi connectivity index (χ1n) is 45.9. The Hall–Kier alpha value is -15.9. The standard InChI is InChI=1S/C26H28F3N3O3.C22H19F6N3O2.C20H19F2N3O2.C19H18FN3O2.C18H18N4O2/c1-2-17-8-6-9-18(14-17)15-22(30-23(33)19-10-4-3-5-11-19)25-32-31-24(34-25)20-12-7-13-21(16-20)35-26(27,28)29;1-3-13-4-6-14(7-5-13)8-18(29-12(2)32)20-31-30-19(33-20)15-9-16(21(23,24)25)11-17(10-15)22(26,27)28;1-3-13-4-6-14(7-5-13)10-18(23-12(2)26)20-25-24-19(27-20)15-8-9-16(21)17(22)11-15;1-12-3-5-14(6-4-12)11-17(21-13(2)24)19-23-22-18(25-19)15-7-9-16(20)10-8-15;1-12-3-5-14(6-4-12)11-16(20-13(2)23)18-22-21-17(24-18)15-7-9-19-10-8-15/h6-9,12-14,16,19,22H,2-5,10-11,15H2,1H3,(H,30,33);4-7,9-11,18H,3,8H2,1-2H3,(H,29,32);4-9,11,18H,3,10H2,1-2H3,(H,23,26);3-10,17H,11H2,1-2H3,(H,21,24);3-10,16H,11H2,1-2H3,(H,20,23). The Morgan fingerprint density at radius 3 is 1.06 bits per heavy atom. The largest absolute Gasteiger partial charge is 0.573 e. The molecule has 1 saturated carbocycles. The van der Waals surface area contributed by atoms with E-state index in [1.807, 2.05) is 136 Å². The second-order valence-corrected chi connectivity index (χ2v) is 33.9. The number of aryl methyl sites for hydroxylation is 5. The van der Waals surface area contributed by atoms with Crippen molar-refractivity contribution >= 4 is 29.5 Å². The number of ether oxygens (including phenoxy) is 1. The van der Waals surface area contributed by atoms with Crippen LogP contribution in [0.4, 0.5) is 52.7 Å². The fourth-order valence-electron chi connectivity index (χ4n) is 15.1. The molecule has 0 saturated heterocycles. The van der Waals surface area contributed by atoms with Crippen molar-refractivity contribution in [3.8, 4) is 63.0 Å². The van der Waals surface area contributed by atoms with Crippen molar-refractivity contribution in [2.75, 3.05) is 0 Å². The molecular formula is C105H102F12N16O11. The number of hydrogen-bond donors (Lipinski definition) is 5. The lowest BCUT2D eigenvalue weighted by molar-refractivity contribution is -0.274. The second kappa shape index (κ2) is 50.0. The maximum atomic E-state index is 13.4. The summed E-state index contributed by atoms with van der Waals surface area (Å²) in [5.41, 5.74) is 9.22. The van der Waals surface area contributed by atoms with Crippen molar-refractivity contribution in [2.24, 2.45) is 5.92 Å². The third-order valence-corrected chi connectivity index (χ3v) is 22.5. The highest BCUT2D eigenvalue weighted by Gasteiger charge is 2.39. The zero-order chi connectivity index (χ0) is 103. The van der Waals surface area contributed by atoms with E-state index in [0.29, 0.717) is 61.1 Å². The lowest BCUT2D eigenvalue weighted by Crippen LogP contribution is -2.36. The summed E-state index contributed by atoms with van der Waals surface area (Å²) >= 11 is 0. The molecule has 0 spiro atoms. The Bertz CT molecular complexity index is 6700. The number of pyridine rings is 1. The van der Waals surface area contributed by atoms with Crippen molar-refractivity contribution in [1.29, 1.82) is 0 Å². The molecular weight excluding hydrogens is 1890 g/mol. The van der Waals surface area contributed by atoms with E-state index in [1.165, 1.54) is 80.8 Å². The normalized spacial score (nSPS) is 13.1. The van der Waals surface area contributed by atoms with Gasteiger partial charge in [-0.3, -0.25) is 29.0 Å². The Balaban J connectivity index is 0.000000162. The van der Waals surface area contributed by atoms with Gasteiger partial charge in [0.2, 0.25) is 88.4 Å². The fraction of sp³-hybridized carbons (Fsp3) is 0.295. The molecule has 0 aliphatic heterocycles. The fourth-order valence-corrected chi connectivity index (χ4v) is 15.1. The van der Waals surface area contributed by atoms with Crippen molar-refractivity contribution in [2.45, 2.75) is 195 Å². The molecule has 5 unspecified atom stereocenters. The quantitative estimate of drug-likeness (QED) is 0.0261. The number of benzene rings is 9. The predicted octanol–water partition coefficient (Wildman–Crippen LogP) is 22.4. The minimum atomic E-state index is -5.01. The highest BCUT2D eigenvalue weighted by molar-refractivity contribution is 5.79. The summed E-state index contributed by atoms with van der Waals surface area (Å²) < 4.78 is 189. The number of carbonyl (C=O) groups excluding carboxylic acids is 5. The zero-order valence-electron chi connectivity index (χ0n) is 79.5. The number of rotatable bonds is 30. The molecule has 1 aliphatic carbocycles. The molecule has 0 radical (unpaired) electrons. The maximum Gasteiger partial charge on any atom is 0.573 e. The van der Waals surface area contributed by atoms with Gasteiger partial charge in [-0.1, -0.05) is 179 Å². The van der Waals surface area contributed by atoms with Crippen LogP contribution in [0.15, 0.2) is 253 Å². The first-order chi connectivity index (χ1) is 68.7. The molecule has 5 amide bonds. The van der Waals surface area contributed by atoms with Crippen molar-refractivity contribution in [1.82, 2.24) is 82.6 Å². The molecule has 144 heavy (non-hydrogen) atoms. The van der Waals surface area contributed by atoms with Crippen LogP contribution in [0.1, 0.15) is 207 Å². The Labute approximate surface area is 819 Å². The van der Waals surface area contributed by atoms with Gasteiger partial charge in [0.05, 0.1) is 11.1 Å². The van der Waals surface area contributed by atoms with Gasteiger partial charge in [0.25, 0.3) is 0 Å². The number of nitrogens with zero attached hydrogens (tertiary/aromatic N) is 11. The van der Waals surface area contributed by atoms with Gasteiger partial charge < -0.3 is 53.4 Å². The van der Waals surface area contributed by atoms with Crippen LogP contribution in [0.2, 0.25) is 0 Å². The van der Waals surface area contributed by atoms with E-state index in [-0.39, 0.29) is 106 Å². The van der Waals surface area contributed by atoms with Gasteiger partial charge >= 0.3 is 18.7 Å². The topological polar surface area (TPSA) is 362 Å². The number of hydrogen-bond acceptors (Lipinski definition) is 22. The minimum absolute atomic E-state index is 0.0147. The molecule has 27 nitrogen and oxygen atoms in total. The molecule has 6 heterocycles. The monoisotopic (exact) mass is 1990 g/mol. The average molecular weight is 1990 g/mol. The molecule has 5 atom stereocenters. The SMILES string of the molecule is CC(=O)NC(Cc1ccc(C)cc1)c1nnc(-c2ccc(F)cc2)o1.CC(=O)NC(Cc1ccc(C)cc1)c1nnc(-c2ccncc2)o1.CCc1ccc(CC(NC(C)=O)c2nnc(-c3cc(C(F)(F)F)cc(C(F)(F)F)c3)o2)cc1.CCc1ccc(CC(NC(C)=O)c2nnc(-c3ccc(F)c(F)c3)o2)cc1.CCc1cccc(CC(NC(=O)C2CCCCC2)c2nnc(-c3cccc(OC(F)(F)F)c3)o2)c1. The minimum Gasteiger partial charge on any atom is -0.418 e. The van der Waals surface area contributed by atoms with Gasteiger partial charge in [0.15, 0.2) is 11.6 Å². The molecule has 1 aliphatic rings. The van der Waals surface area contributed by atoms with Crippen molar-refractivity contribution < 1.29 is 103 Å². The number of carbonyl (C=O) groups is 5. The molecule has 6 aromatic heterocycles. The molecule has 752 valence electrons. The van der Waals surface area contributed by atoms with Crippen LogP contribution in [0.25, 0.3) is 57.3 Å². The molecule has 16 rings (SSSR count). The molecule has 9 aromatic carbocycles. The number of amides is 5. The van der Waals surface area contributed by atoms with Crippen LogP contribution >= 0.6 is 0 Å². The number of nitrogens with one attached hydrogen (secondary N) is 5. The Morgan fingerprint density at radius 1 is 0.340 bits per heavy atom. The van der Waals surface area contributed by atoms with Crippen LogP contribution in [0.3, 0.4) is 0 Å². The first-order valence-corrected chi connectivity index (χ1v) is 45.9. The van der Waals surface area contributed by atoms with Crippen molar-refractivity contribution in [3.05, 3.63) is 344 Å². The van der Waals surface area contributed by atoms with Crippen LogP contribution in [0, 0.1) is 37.2 Å². The average Bonchev–Trinajstić information content (AvgIpc) is 1.42. The number of aromatic nitrogens is 11. The highest BCUT2D eigenvalue weighted by Crippen LogP contribution is 2.41. The third kappa shape index (κ3) is 32.3. The smallest absolute Gasteiger partial charge is 0.418 e. The van der Waals surface area contributed by atoms with Crippen LogP contribution in [-0.2, 0) is 87.7 Å². The van der Waals surface area contributed by atoms with Gasteiger partial charge in [0.1, 0.15) is 41.8 Å². The molecule has 5 N–H and O–H groups in total. The van der Waals surface area contributed by atoms with Crippen LogP contribution < -0.4 is 31.3 Å². The lowest BCUT2D eigenvalue weighted by Gasteiger charge is -2.23. The lowest BCUT2D eigenvalue weighted by atomic mass is 9.88. The highest BCUT2D eigenvalue weighted by atomic mass is 19.4. The molecule has 39 heteroatoms. The van der Waals surface area contributed by atoms with Gasteiger partial charge in [0, 0.05) is 106 Å². The van der Waals surface area contributed by atoms with E-state index in [2.05, 4.69) is 107 Å². The summed E-state index contributed by atoms with van der Waals surface area (Å²) in [6.45, 7) is 15.8. The van der Waals surface area contributed by atoms with Crippen LogP contribution in [0.5, 0.6) is 5.75 Å². The Kier molecular flexibility index (Phi) is 37.2. The van der Waals surface area contributed by atoms with E-state index in [0.717, 1.165) is 108 Å².